The zero-order valence-electron chi connectivity index (χ0n) is 14.1. The van der Waals surface area contributed by atoms with Crippen molar-refractivity contribution in [2.45, 2.75) is 97.3 Å². The molecule has 0 aliphatic carbocycles. The number of carboxylic acids is 1. The molecule has 0 bridgehead atoms. The van der Waals surface area contributed by atoms with E-state index in [0.717, 1.165) is 6.42 Å². The molecule has 1 unspecified atom stereocenters. The molecule has 0 amide bonds. The molecular formula is C19H34O2. The quantitative estimate of drug-likeness (QED) is 0.344. The molecule has 0 radical (unpaired) electrons. The van der Waals surface area contributed by atoms with Crippen LogP contribution in [-0.4, -0.2) is 11.1 Å². The third kappa shape index (κ3) is 17.0. The zero-order chi connectivity index (χ0) is 15.8. The van der Waals surface area contributed by atoms with E-state index < -0.39 is 5.97 Å². The van der Waals surface area contributed by atoms with Gasteiger partial charge in [-0.3, -0.25) is 0 Å². The van der Waals surface area contributed by atoms with Crippen LogP contribution in [0, 0.1) is 17.8 Å². The van der Waals surface area contributed by atoms with Crippen LogP contribution in [-0.2, 0) is 4.79 Å². The minimum atomic E-state index is -1.02. The predicted molar refractivity (Wildman–Crippen MR) is 90.3 cm³/mol. The molecule has 0 aliphatic heterocycles. The lowest BCUT2D eigenvalue weighted by Crippen LogP contribution is -1.94. The molecule has 0 aromatic heterocycles. The van der Waals surface area contributed by atoms with Crippen LogP contribution in [0.15, 0.2) is 0 Å². The van der Waals surface area contributed by atoms with E-state index in [9.17, 15) is 4.79 Å². The summed E-state index contributed by atoms with van der Waals surface area (Å²) in [6, 6.07) is 0. The van der Waals surface area contributed by atoms with Crippen molar-refractivity contribution < 1.29 is 9.90 Å². The summed E-state index contributed by atoms with van der Waals surface area (Å²) in [4.78, 5) is 10.3. The summed E-state index contributed by atoms with van der Waals surface area (Å²) in [6.07, 6.45) is 17.3. The molecule has 1 atom stereocenters. The van der Waals surface area contributed by atoms with Crippen LogP contribution in [0.2, 0.25) is 0 Å². The standard InChI is InChI=1S/C19H34O2/c1-3-4-5-6-7-8-9-10-11-12-13-14-15-18(2)16-17-19(20)21/h18H,3-15H2,1-2H3,(H,20,21). The fourth-order valence-corrected chi connectivity index (χ4v) is 2.55. The second-order valence-electron chi connectivity index (χ2n) is 6.15. The number of hydrogen-bond acceptors (Lipinski definition) is 1. The minimum absolute atomic E-state index is 0.212. The van der Waals surface area contributed by atoms with Crippen molar-refractivity contribution in [1.82, 2.24) is 0 Å². The zero-order valence-corrected chi connectivity index (χ0v) is 14.1. The Kier molecular flexibility index (Phi) is 14.7. The Balaban J connectivity index is 3.19. The number of carboxylic acid groups (broad SMARTS) is 1. The van der Waals surface area contributed by atoms with Crippen molar-refractivity contribution in [3.8, 4) is 11.8 Å². The van der Waals surface area contributed by atoms with Crippen LogP contribution in [0.25, 0.3) is 0 Å². The van der Waals surface area contributed by atoms with Crippen LogP contribution >= 0.6 is 0 Å². The molecule has 0 rings (SSSR count). The monoisotopic (exact) mass is 294 g/mol. The van der Waals surface area contributed by atoms with Crippen LogP contribution in [0.4, 0.5) is 0 Å². The third-order valence-corrected chi connectivity index (χ3v) is 3.92. The van der Waals surface area contributed by atoms with E-state index in [1.54, 1.807) is 0 Å². The normalized spacial score (nSPS) is 11.7. The van der Waals surface area contributed by atoms with Crippen LogP contribution in [0.3, 0.4) is 0 Å². The number of aliphatic carboxylic acids is 1. The van der Waals surface area contributed by atoms with Gasteiger partial charge in [0, 0.05) is 11.8 Å². The first kappa shape index (κ1) is 20.0. The van der Waals surface area contributed by atoms with E-state index in [4.69, 9.17) is 5.11 Å². The van der Waals surface area contributed by atoms with Gasteiger partial charge in [-0.15, -0.1) is 0 Å². The fourth-order valence-electron chi connectivity index (χ4n) is 2.55. The van der Waals surface area contributed by atoms with Crippen molar-refractivity contribution >= 4 is 5.97 Å². The Bertz CT molecular complexity index is 298. The number of hydrogen-bond donors (Lipinski definition) is 1. The lowest BCUT2D eigenvalue weighted by molar-refractivity contribution is -0.130. The molecule has 2 heteroatoms. The molecule has 0 spiro atoms. The summed E-state index contributed by atoms with van der Waals surface area (Å²) >= 11 is 0. The van der Waals surface area contributed by atoms with Gasteiger partial charge < -0.3 is 5.11 Å². The van der Waals surface area contributed by atoms with E-state index >= 15 is 0 Å². The smallest absolute Gasteiger partial charge is 0.381 e. The highest BCUT2D eigenvalue weighted by molar-refractivity contribution is 5.86. The van der Waals surface area contributed by atoms with E-state index in [1.165, 1.54) is 77.0 Å². The Morgan fingerprint density at radius 2 is 1.29 bits per heavy atom. The highest BCUT2D eigenvalue weighted by Crippen LogP contribution is 2.14. The average molecular weight is 294 g/mol. The van der Waals surface area contributed by atoms with Gasteiger partial charge in [-0.1, -0.05) is 96.8 Å². The molecule has 0 aliphatic rings. The number of unbranched alkanes of at least 4 members (excludes halogenated alkanes) is 11. The summed E-state index contributed by atoms with van der Waals surface area (Å²) in [5.41, 5.74) is 0. The molecule has 0 heterocycles. The second-order valence-corrected chi connectivity index (χ2v) is 6.15. The van der Waals surface area contributed by atoms with Gasteiger partial charge in [-0.25, -0.2) is 4.79 Å². The lowest BCUT2D eigenvalue weighted by atomic mass is 10.0. The molecule has 0 aromatic carbocycles. The average Bonchev–Trinajstić information content (AvgIpc) is 2.46. The molecule has 0 saturated carbocycles. The first-order valence-corrected chi connectivity index (χ1v) is 8.91. The van der Waals surface area contributed by atoms with Gasteiger partial charge in [0.05, 0.1) is 0 Å². The Labute approximate surface area is 131 Å². The summed E-state index contributed by atoms with van der Waals surface area (Å²) in [6.45, 7) is 4.27. The largest absolute Gasteiger partial charge is 0.472 e. The number of carbonyl (C=O) groups is 1. The molecule has 122 valence electrons. The first-order chi connectivity index (χ1) is 10.2. The Hall–Kier alpha value is -0.970. The van der Waals surface area contributed by atoms with Gasteiger partial charge in [0.1, 0.15) is 0 Å². The fraction of sp³-hybridized carbons (Fsp3) is 0.842. The second kappa shape index (κ2) is 15.4. The van der Waals surface area contributed by atoms with E-state index in [2.05, 4.69) is 18.8 Å². The molecule has 2 nitrogen and oxygen atoms in total. The third-order valence-electron chi connectivity index (χ3n) is 3.92. The Morgan fingerprint density at radius 3 is 1.71 bits per heavy atom. The van der Waals surface area contributed by atoms with Crippen LogP contribution in [0.1, 0.15) is 97.3 Å². The van der Waals surface area contributed by atoms with Gasteiger partial charge >= 0.3 is 5.97 Å². The molecule has 0 aromatic rings. The molecule has 0 saturated heterocycles. The molecule has 0 fully saturated rings. The summed E-state index contributed by atoms with van der Waals surface area (Å²) in [7, 11) is 0. The maximum atomic E-state index is 10.3. The minimum Gasteiger partial charge on any atom is -0.472 e. The topological polar surface area (TPSA) is 37.3 Å². The van der Waals surface area contributed by atoms with E-state index in [0.29, 0.717) is 0 Å². The highest BCUT2D eigenvalue weighted by atomic mass is 16.4. The summed E-state index contributed by atoms with van der Waals surface area (Å²) in [5.74, 6) is 4.17. The van der Waals surface area contributed by atoms with Crippen molar-refractivity contribution in [3.05, 3.63) is 0 Å². The first-order valence-electron chi connectivity index (χ1n) is 8.91. The van der Waals surface area contributed by atoms with Crippen LogP contribution < -0.4 is 0 Å². The van der Waals surface area contributed by atoms with Crippen molar-refractivity contribution in [2.24, 2.45) is 5.92 Å². The molecule has 21 heavy (non-hydrogen) atoms. The maximum Gasteiger partial charge on any atom is 0.381 e. The van der Waals surface area contributed by atoms with Gasteiger partial charge in [-0.2, -0.15) is 0 Å². The SMILES string of the molecule is CCCCCCCCCCCCCCC(C)C#CC(=O)O. The van der Waals surface area contributed by atoms with Crippen molar-refractivity contribution in [1.29, 1.82) is 0 Å². The van der Waals surface area contributed by atoms with E-state index in [-0.39, 0.29) is 5.92 Å². The Morgan fingerprint density at radius 1 is 0.857 bits per heavy atom. The summed E-state index contributed by atoms with van der Waals surface area (Å²) < 4.78 is 0. The van der Waals surface area contributed by atoms with E-state index in [1.807, 2.05) is 6.92 Å². The predicted octanol–water partition coefficient (Wildman–Crippen LogP) is 5.80. The van der Waals surface area contributed by atoms with Gasteiger partial charge in [-0.05, 0) is 6.42 Å². The lowest BCUT2D eigenvalue weighted by Gasteiger charge is -2.04. The van der Waals surface area contributed by atoms with Gasteiger partial charge in [0.2, 0.25) is 0 Å². The summed E-state index contributed by atoms with van der Waals surface area (Å²) in [5, 5.41) is 8.46. The molecule has 1 N–H and O–H groups in total. The molecular weight excluding hydrogens is 260 g/mol. The highest BCUT2D eigenvalue weighted by Gasteiger charge is 1.98. The van der Waals surface area contributed by atoms with Gasteiger partial charge in [0.25, 0.3) is 0 Å². The van der Waals surface area contributed by atoms with Crippen molar-refractivity contribution in [3.63, 3.8) is 0 Å². The van der Waals surface area contributed by atoms with Gasteiger partial charge in [0.15, 0.2) is 0 Å². The number of rotatable bonds is 13. The van der Waals surface area contributed by atoms with Crippen LogP contribution in [0.5, 0.6) is 0 Å². The van der Waals surface area contributed by atoms with Crippen molar-refractivity contribution in [2.75, 3.05) is 0 Å². The maximum absolute atomic E-state index is 10.3.